The molecule has 3 N–H and O–H groups in total. The third kappa shape index (κ3) is 3.30. The Hall–Kier alpha value is -3.36. The molecule has 0 aliphatic carbocycles. The first-order chi connectivity index (χ1) is 14.3. The third-order valence-corrected chi connectivity index (χ3v) is 5.22. The maximum atomic E-state index is 12.8. The van der Waals surface area contributed by atoms with Gasteiger partial charge < -0.3 is 29.2 Å². The number of ketones is 1. The van der Waals surface area contributed by atoms with Crippen molar-refractivity contribution in [2.75, 3.05) is 7.11 Å². The average molecular weight is 412 g/mol. The van der Waals surface area contributed by atoms with E-state index in [0.717, 1.165) is 0 Å². The molecule has 2 aromatic carbocycles. The van der Waals surface area contributed by atoms with Crippen LogP contribution in [0.1, 0.15) is 25.0 Å². The van der Waals surface area contributed by atoms with Crippen LogP contribution in [0, 0.1) is 0 Å². The summed E-state index contributed by atoms with van der Waals surface area (Å²) in [6.45, 7) is 1.57. The fourth-order valence-corrected chi connectivity index (χ4v) is 3.67. The van der Waals surface area contributed by atoms with E-state index in [1.807, 2.05) is 0 Å². The summed E-state index contributed by atoms with van der Waals surface area (Å²) in [5, 5.41) is 29.8. The Morgan fingerprint density at radius 3 is 2.43 bits per heavy atom. The van der Waals surface area contributed by atoms with Crippen LogP contribution < -0.4 is 10.2 Å². The highest BCUT2D eigenvalue weighted by atomic mass is 16.5. The van der Waals surface area contributed by atoms with E-state index in [-0.39, 0.29) is 40.4 Å². The van der Waals surface area contributed by atoms with Gasteiger partial charge >= 0.3 is 0 Å². The summed E-state index contributed by atoms with van der Waals surface area (Å²) in [6.07, 6.45) is -2.99. The number of ether oxygens (including phenoxy) is 2. The zero-order chi connectivity index (χ0) is 21.6. The number of fused-ring (bicyclic) bond motifs is 1. The molecule has 30 heavy (non-hydrogen) atoms. The zero-order valence-electron chi connectivity index (χ0n) is 16.3. The van der Waals surface area contributed by atoms with E-state index in [9.17, 15) is 24.9 Å². The number of methoxy groups -OCH3 is 1. The number of aliphatic hydroxyl groups excluding tert-OH is 1. The van der Waals surface area contributed by atoms with Crippen LogP contribution >= 0.6 is 0 Å². The number of aromatic hydroxyl groups is 2. The van der Waals surface area contributed by atoms with Gasteiger partial charge in [0, 0.05) is 24.1 Å². The second-order valence-corrected chi connectivity index (χ2v) is 7.18. The third-order valence-electron chi connectivity index (χ3n) is 5.22. The summed E-state index contributed by atoms with van der Waals surface area (Å²) in [5.74, 6) is -0.279. The predicted molar refractivity (Wildman–Crippen MR) is 107 cm³/mol. The Balaban J connectivity index is 1.98. The van der Waals surface area contributed by atoms with E-state index in [1.54, 1.807) is 19.1 Å². The van der Waals surface area contributed by atoms with Crippen LogP contribution in [0.5, 0.6) is 17.2 Å². The van der Waals surface area contributed by atoms with Gasteiger partial charge in [0.05, 0.1) is 24.9 Å². The molecule has 8 heteroatoms. The lowest BCUT2D eigenvalue weighted by Crippen LogP contribution is -2.41. The van der Waals surface area contributed by atoms with E-state index < -0.39 is 29.5 Å². The highest BCUT2D eigenvalue weighted by Gasteiger charge is 2.37. The summed E-state index contributed by atoms with van der Waals surface area (Å²) in [4.78, 5) is 25.1. The van der Waals surface area contributed by atoms with Crippen molar-refractivity contribution >= 4 is 16.8 Å². The summed E-state index contributed by atoms with van der Waals surface area (Å²) in [7, 11) is 1.38. The maximum Gasteiger partial charge on any atom is 0.197 e. The van der Waals surface area contributed by atoms with Gasteiger partial charge in [-0.1, -0.05) is 0 Å². The van der Waals surface area contributed by atoms with Crippen molar-refractivity contribution in [3.05, 3.63) is 52.2 Å². The lowest BCUT2D eigenvalue weighted by atomic mass is 9.93. The molecule has 1 aliphatic rings. The standard InChI is InChI=1S/C22H20O8/c1-10-21(27)15(26)9-18(29-10)20-17(28-2)8-14(25)19-13(24)7-16(30-22(19)20)11-3-5-12(23)6-4-11/h3-8,10,18,21,23,25,27H,9H2,1-2H3/t10-,18+,21-/m0/s1. The number of phenols is 2. The highest BCUT2D eigenvalue weighted by molar-refractivity contribution is 5.91. The molecule has 1 aliphatic heterocycles. The van der Waals surface area contributed by atoms with Gasteiger partial charge in [-0.05, 0) is 31.2 Å². The highest BCUT2D eigenvalue weighted by Crippen LogP contribution is 2.43. The van der Waals surface area contributed by atoms with E-state index in [0.29, 0.717) is 11.1 Å². The first-order valence-corrected chi connectivity index (χ1v) is 9.33. The van der Waals surface area contributed by atoms with E-state index in [2.05, 4.69) is 0 Å². The van der Waals surface area contributed by atoms with Gasteiger partial charge in [0.15, 0.2) is 16.8 Å². The monoisotopic (exact) mass is 412 g/mol. The molecule has 0 spiro atoms. The Kier molecular flexibility index (Phi) is 4.97. The van der Waals surface area contributed by atoms with Crippen LogP contribution in [-0.4, -0.2) is 40.4 Å². The van der Waals surface area contributed by atoms with Gasteiger partial charge in [0.25, 0.3) is 0 Å². The van der Waals surface area contributed by atoms with E-state index >= 15 is 0 Å². The second kappa shape index (κ2) is 7.47. The first kappa shape index (κ1) is 19.9. The second-order valence-electron chi connectivity index (χ2n) is 7.18. The number of hydrogen-bond acceptors (Lipinski definition) is 8. The van der Waals surface area contributed by atoms with Gasteiger partial charge in [0.1, 0.15) is 34.5 Å². The van der Waals surface area contributed by atoms with Crippen LogP contribution in [0.3, 0.4) is 0 Å². The van der Waals surface area contributed by atoms with Crippen molar-refractivity contribution in [3.63, 3.8) is 0 Å². The molecule has 0 saturated carbocycles. The molecule has 2 heterocycles. The lowest BCUT2D eigenvalue weighted by Gasteiger charge is -2.31. The van der Waals surface area contributed by atoms with Crippen molar-refractivity contribution < 1.29 is 34.0 Å². The number of rotatable bonds is 3. The molecule has 1 aromatic heterocycles. The van der Waals surface area contributed by atoms with E-state index in [4.69, 9.17) is 13.9 Å². The molecule has 156 valence electrons. The Labute approximate surface area is 170 Å². The minimum absolute atomic E-state index is 0.0313. The van der Waals surface area contributed by atoms with Crippen molar-refractivity contribution in [2.45, 2.75) is 31.7 Å². The predicted octanol–water partition coefficient (Wildman–Crippen LogP) is 2.66. The smallest absolute Gasteiger partial charge is 0.197 e. The molecule has 0 unspecified atom stereocenters. The largest absolute Gasteiger partial charge is 0.508 e. The van der Waals surface area contributed by atoms with E-state index in [1.165, 1.54) is 31.4 Å². The normalized spacial score (nSPS) is 21.7. The van der Waals surface area contributed by atoms with Crippen molar-refractivity contribution in [1.29, 1.82) is 0 Å². The maximum absolute atomic E-state index is 12.8. The summed E-state index contributed by atoms with van der Waals surface area (Å²) >= 11 is 0. The number of phenolic OH excluding ortho intramolecular Hbond substituents is 2. The van der Waals surface area contributed by atoms with Crippen LogP contribution in [0.25, 0.3) is 22.3 Å². The van der Waals surface area contributed by atoms with Crippen molar-refractivity contribution in [2.24, 2.45) is 0 Å². The molecule has 0 amide bonds. The number of Topliss-reactive ketones (excluding diaryl/α,β-unsaturated/α-hetero) is 1. The molecule has 1 saturated heterocycles. The Morgan fingerprint density at radius 2 is 1.80 bits per heavy atom. The topological polar surface area (TPSA) is 126 Å². The van der Waals surface area contributed by atoms with Gasteiger partial charge in [-0.15, -0.1) is 0 Å². The Morgan fingerprint density at radius 1 is 1.10 bits per heavy atom. The molecular formula is C22H20O8. The van der Waals surface area contributed by atoms with Gasteiger partial charge in [0.2, 0.25) is 0 Å². The van der Waals surface area contributed by atoms with Crippen LogP contribution in [0.15, 0.2) is 45.6 Å². The Bertz CT molecular complexity index is 1180. The molecule has 8 nitrogen and oxygen atoms in total. The molecular weight excluding hydrogens is 392 g/mol. The molecule has 4 rings (SSSR count). The lowest BCUT2D eigenvalue weighted by molar-refractivity contribution is -0.155. The van der Waals surface area contributed by atoms with Crippen molar-refractivity contribution in [1.82, 2.24) is 0 Å². The molecule has 0 bridgehead atoms. The summed E-state index contributed by atoms with van der Waals surface area (Å²) < 4.78 is 17.2. The fourth-order valence-electron chi connectivity index (χ4n) is 3.67. The minimum Gasteiger partial charge on any atom is -0.508 e. The molecule has 0 radical (unpaired) electrons. The quantitative estimate of drug-likeness (QED) is 0.599. The van der Waals surface area contributed by atoms with Crippen molar-refractivity contribution in [3.8, 4) is 28.6 Å². The number of aliphatic hydroxyl groups is 1. The van der Waals surface area contributed by atoms with Gasteiger partial charge in [-0.25, -0.2) is 0 Å². The first-order valence-electron chi connectivity index (χ1n) is 9.33. The number of carbonyl (C=O) groups excluding carboxylic acids is 1. The molecule has 1 fully saturated rings. The van der Waals surface area contributed by atoms with Gasteiger partial charge in [-0.2, -0.15) is 0 Å². The van der Waals surface area contributed by atoms with Crippen LogP contribution in [-0.2, 0) is 9.53 Å². The molecule has 3 atom stereocenters. The number of benzene rings is 2. The minimum atomic E-state index is -1.24. The summed E-state index contributed by atoms with van der Waals surface area (Å²) in [5.41, 5.74) is 0.374. The number of hydrogen-bond donors (Lipinski definition) is 3. The average Bonchev–Trinajstić information content (AvgIpc) is 2.71. The fraction of sp³-hybridized carbons (Fsp3) is 0.273. The van der Waals surface area contributed by atoms with Gasteiger partial charge in [-0.3, -0.25) is 9.59 Å². The zero-order valence-corrected chi connectivity index (χ0v) is 16.3. The van der Waals surface area contributed by atoms with Crippen LogP contribution in [0.4, 0.5) is 0 Å². The SMILES string of the molecule is COc1cc(O)c2c(=O)cc(-c3ccc(O)cc3)oc2c1[C@H]1CC(=O)[C@@H](O)[C@H](C)O1. The van der Waals surface area contributed by atoms with Crippen LogP contribution in [0.2, 0.25) is 0 Å². The number of carbonyl (C=O) groups is 1. The molecule has 3 aromatic rings. The summed E-state index contributed by atoms with van der Waals surface area (Å²) in [6, 6.07) is 8.59.